The summed E-state index contributed by atoms with van der Waals surface area (Å²) in [7, 11) is 4.65. The molecule has 5 nitrogen and oxygen atoms in total. The summed E-state index contributed by atoms with van der Waals surface area (Å²) in [5.41, 5.74) is 1.47. The molecule has 0 heterocycles. The molecule has 0 aliphatic carbocycles. The second kappa shape index (κ2) is 9.31. The average molecular weight is 405 g/mol. The highest BCUT2D eigenvalue weighted by Crippen LogP contribution is 2.37. The minimum Gasteiger partial charge on any atom is -0.493 e. The van der Waals surface area contributed by atoms with E-state index in [4.69, 9.17) is 32.7 Å². The van der Waals surface area contributed by atoms with Gasteiger partial charge < -0.3 is 14.4 Å². The predicted molar refractivity (Wildman–Crippen MR) is 106 cm³/mol. The zero-order chi connectivity index (χ0) is 20.0. The van der Waals surface area contributed by atoms with E-state index in [9.17, 15) is 10.1 Å². The Morgan fingerprint density at radius 1 is 1.22 bits per heavy atom. The van der Waals surface area contributed by atoms with Gasteiger partial charge in [-0.05, 0) is 41.5 Å². The van der Waals surface area contributed by atoms with Gasteiger partial charge in [-0.2, -0.15) is 5.26 Å². The summed E-state index contributed by atoms with van der Waals surface area (Å²) in [5, 5.41) is 10.2. The highest BCUT2D eigenvalue weighted by atomic mass is 35.5. The molecule has 0 aliphatic heterocycles. The van der Waals surface area contributed by atoms with E-state index in [1.807, 2.05) is 18.2 Å². The van der Waals surface area contributed by atoms with Gasteiger partial charge in [-0.1, -0.05) is 35.3 Å². The van der Waals surface area contributed by atoms with Gasteiger partial charge in [0.25, 0.3) is 5.91 Å². The van der Waals surface area contributed by atoms with Crippen LogP contribution in [0.3, 0.4) is 0 Å². The van der Waals surface area contributed by atoms with Crippen molar-refractivity contribution in [2.45, 2.75) is 6.61 Å². The number of likely N-dealkylation sites (N-methyl/N-ethyl adjacent to an activating group) is 1. The first-order valence-corrected chi connectivity index (χ1v) is 8.69. The third-order valence-electron chi connectivity index (χ3n) is 3.62. The van der Waals surface area contributed by atoms with E-state index in [2.05, 4.69) is 0 Å². The summed E-state index contributed by atoms with van der Waals surface area (Å²) in [4.78, 5) is 13.3. The molecule has 2 rings (SSSR count). The molecule has 27 heavy (non-hydrogen) atoms. The SMILES string of the molecule is COc1cc(/C=C(/C#N)C(=O)N(C)C)cc(Cl)c1OCc1ccc(Cl)cc1. The molecule has 140 valence electrons. The molecule has 0 fully saturated rings. The minimum absolute atomic E-state index is 0.00653. The molecule has 0 saturated heterocycles. The molecule has 2 aromatic rings. The summed E-state index contributed by atoms with van der Waals surface area (Å²) in [6.07, 6.45) is 1.46. The Hall–Kier alpha value is -2.68. The van der Waals surface area contributed by atoms with Crippen LogP contribution in [0.25, 0.3) is 6.08 Å². The number of hydrogen-bond donors (Lipinski definition) is 0. The van der Waals surface area contributed by atoms with Crippen LogP contribution in [-0.4, -0.2) is 32.0 Å². The van der Waals surface area contributed by atoms with Gasteiger partial charge in [0.15, 0.2) is 11.5 Å². The maximum Gasteiger partial charge on any atom is 0.264 e. The van der Waals surface area contributed by atoms with Crippen LogP contribution in [0.4, 0.5) is 0 Å². The number of nitriles is 1. The van der Waals surface area contributed by atoms with Crippen LogP contribution in [0.15, 0.2) is 42.0 Å². The lowest BCUT2D eigenvalue weighted by molar-refractivity contribution is -0.124. The number of carbonyl (C=O) groups is 1. The van der Waals surface area contributed by atoms with Crippen molar-refractivity contribution in [2.24, 2.45) is 0 Å². The first-order chi connectivity index (χ1) is 12.8. The van der Waals surface area contributed by atoms with Crippen molar-refractivity contribution in [1.29, 1.82) is 5.26 Å². The Labute approximate surface area is 168 Å². The molecular formula is C20H18Cl2N2O3. The van der Waals surface area contributed by atoms with E-state index >= 15 is 0 Å². The molecule has 0 aliphatic rings. The van der Waals surface area contributed by atoms with Crippen molar-refractivity contribution in [2.75, 3.05) is 21.2 Å². The summed E-state index contributed by atoms with van der Waals surface area (Å²) in [6, 6.07) is 12.4. The first kappa shape index (κ1) is 20.6. The van der Waals surface area contributed by atoms with Gasteiger partial charge in [-0.3, -0.25) is 4.79 Å². The average Bonchev–Trinajstić information content (AvgIpc) is 2.65. The van der Waals surface area contributed by atoms with Crippen molar-refractivity contribution in [3.63, 3.8) is 0 Å². The number of nitrogens with zero attached hydrogens (tertiary/aromatic N) is 2. The monoisotopic (exact) mass is 404 g/mol. The smallest absolute Gasteiger partial charge is 0.264 e. The third-order valence-corrected chi connectivity index (χ3v) is 4.15. The molecule has 2 aromatic carbocycles. The molecule has 0 bridgehead atoms. The maximum absolute atomic E-state index is 12.0. The quantitative estimate of drug-likeness (QED) is 0.522. The van der Waals surface area contributed by atoms with Gasteiger partial charge in [0, 0.05) is 19.1 Å². The van der Waals surface area contributed by atoms with Crippen molar-refractivity contribution >= 4 is 35.2 Å². The van der Waals surface area contributed by atoms with Crippen LogP contribution in [-0.2, 0) is 11.4 Å². The normalized spacial score (nSPS) is 10.9. The van der Waals surface area contributed by atoms with Gasteiger partial charge in [0.2, 0.25) is 0 Å². The lowest BCUT2D eigenvalue weighted by atomic mass is 10.1. The number of halogens is 2. The minimum atomic E-state index is -0.393. The lowest BCUT2D eigenvalue weighted by Gasteiger charge is -2.14. The van der Waals surface area contributed by atoms with Gasteiger partial charge in [0.05, 0.1) is 12.1 Å². The van der Waals surface area contributed by atoms with Gasteiger partial charge >= 0.3 is 0 Å². The zero-order valence-electron chi connectivity index (χ0n) is 15.1. The van der Waals surface area contributed by atoms with E-state index in [0.29, 0.717) is 27.1 Å². The Kier molecular flexibility index (Phi) is 7.12. The van der Waals surface area contributed by atoms with E-state index < -0.39 is 5.91 Å². The molecule has 0 saturated carbocycles. The summed E-state index contributed by atoms with van der Waals surface area (Å²) >= 11 is 12.2. The predicted octanol–water partition coefficient (Wildman–Crippen LogP) is 4.58. The topological polar surface area (TPSA) is 62.6 Å². The fraction of sp³-hybridized carbons (Fsp3) is 0.200. The van der Waals surface area contributed by atoms with Crippen LogP contribution >= 0.6 is 23.2 Å². The highest BCUT2D eigenvalue weighted by molar-refractivity contribution is 6.32. The fourth-order valence-corrected chi connectivity index (χ4v) is 2.65. The van der Waals surface area contributed by atoms with Gasteiger partial charge in [0.1, 0.15) is 18.2 Å². The summed E-state index contributed by atoms with van der Waals surface area (Å²) < 4.78 is 11.2. The fourth-order valence-electron chi connectivity index (χ4n) is 2.25. The number of methoxy groups -OCH3 is 1. The Bertz CT molecular complexity index is 901. The largest absolute Gasteiger partial charge is 0.493 e. The first-order valence-electron chi connectivity index (χ1n) is 7.94. The second-order valence-corrected chi connectivity index (χ2v) is 6.66. The van der Waals surface area contributed by atoms with Crippen LogP contribution < -0.4 is 9.47 Å². The Morgan fingerprint density at radius 2 is 1.89 bits per heavy atom. The number of ether oxygens (including phenoxy) is 2. The zero-order valence-corrected chi connectivity index (χ0v) is 16.6. The van der Waals surface area contributed by atoms with Crippen molar-refractivity contribution in [1.82, 2.24) is 4.90 Å². The van der Waals surface area contributed by atoms with Crippen LogP contribution in [0, 0.1) is 11.3 Å². The molecule has 1 amide bonds. The highest BCUT2D eigenvalue weighted by Gasteiger charge is 2.15. The summed E-state index contributed by atoms with van der Waals surface area (Å²) in [6.45, 7) is 0.283. The van der Waals surface area contributed by atoms with Crippen LogP contribution in [0.2, 0.25) is 10.0 Å². The van der Waals surface area contributed by atoms with Crippen molar-refractivity contribution < 1.29 is 14.3 Å². The lowest BCUT2D eigenvalue weighted by Crippen LogP contribution is -2.22. The Balaban J connectivity index is 2.30. The molecule has 7 heteroatoms. The second-order valence-electron chi connectivity index (χ2n) is 5.82. The number of amides is 1. The molecular weight excluding hydrogens is 387 g/mol. The number of benzene rings is 2. The van der Waals surface area contributed by atoms with E-state index in [-0.39, 0.29) is 12.2 Å². The molecule has 0 N–H and O–H groups in total. The molecule has 0 spiro atoms. The molecule has 0 unspecified atom stereocenters. The van der Waals surface area contributed by atoms with Gasteiger partial charge in [-0.25, -0.2) is 0 Å². The van der Waals surface area contributed by atoms with E-state index in [0.717, 1.165) is 5.56 Å². The molecule has 0 radical (unpaired) electrons. The van der Waals surface area contributed by atoms with E-state index in [1.54, 1.807) is 38.4 Å². The standard InChI is InChI=1S/C20H18Cl2N2O3/c1-24(2)20(25)15(11-23)8-14-9-17(22)19(18(10-14)26-3)27-12-13-4-6-16(21)7-5-13/h4-10H,12H2,1-3H3/b15-8-. The van der Waals surface area contributed by atoms with Crippen molar-refractivity contribution in [3.05, 3.63) is 63.1 Å². The molecule has 0 aromatic heterocycles. The number of carbonyl (C=O) groups excluding carboxylic acids is 1. The Morgan fingerprint density at radius 3 is 2.44 bits per heavy atom. The van der Waals surface area contributed by atoms with Crippen molar-refractivity contribution in [3.8, 4) is 17.6 Å². The third kappa shape index (κ3) is 5.40. The number of hydrogen-bond acceptors (Lipinski definition) is 4. The summed E-state index contributed by atoms with van der Waals surface area (Å²) in [5.74, 6) is 0.386. The molecule has 0 atom stereocenters. The van der Waals surface area contributed by atoms with Gasteiger partial charge in [-0.15, -0.1) is 0 Å². The van der Waals surface area contributed by atoms with Crippen LogP contribution in [0.5, 0.6) is 11.5 Å². The number of rotatable bonds is 6. The van der Waals surface area contributed by atoms with Crippen LogP contribution in [0.1, 0.15) is 11.1 Å². The maximum atomic E-state index is 12.0. The van der Waals surface area contributed by atoms with E-state index in [1.165, 1.54) is 18.1 Å².